The van der Waals surface area contributed by atoms with Crippen LogP contribution >= 0.6 is 12.4 Å². The van der Waals surface area contributed by atoms with Gasteiger partial charge in [-0.3, -0.25) is 9.52 Å². The van der Waals surface area contributed by atoms with Gasteiger partial charge < -0.3 is 11.1 Å². The SMILES string of the molecule is CC(CN)(NC(=O)c1cccc(S(=O)(=O)Nc2ccccc2F)c1)C1CC1.Cl. The van der Waals surface area contributed by atoms with E-state index in [-0.39, 0.29) is 28.6 Å². The molecule has 1 fully saturated rings. The van der Waals surface area contributed by atoms with Gasteiger partial charge in [0.2, 0.25) is 0 Å². The van der Waals surface area contributed by atoms with E-state index in [0.29, 0.717) is 12.5 Å². The molecule has 6 nitrogen and oxygen atoms in total. The Bertz CT molecular complexity index is 966. The van der Waals surface area contributed by atoms with E-state index < -0.39 is 27.3 Å². The van der Waals surface area contributed by atoms with Crippen LogP contribution in [0.1, 0.15) is 30.1 Å². The minimum atomic E-state index is -4.04. The minimum absolute atomic E-state index is 0. The monoisotopic (exact) mass is 427 g/mol. The highest BCUT2D eigenvalue weighted by Gasteiger charge is 2.41. The molecule has 1 amide bonds. The highest BCUT2D eigenvalue weighted by Crippen LogP contribution is 2.39. The zero-order valence-electron chi connectivity index (χ0n) is 15.3. The van der Waals surface area contributed by atoms with Crippen LogP contribution in [0.2, 0.25) is 0 Å². The van der Waals surface area contributed by atoms with Crippen molar-refractivity contribution < 1.29 is 17.6 Å². The van der Waals surface area contributed by atoms with Crippen molar-refractivity contribution >= 4 is 34.0 Å². The third-order valence-corrected chi connectivity index (χ3v) is 6.19. The minimum Gasteiger partial charge on any atom is -0.345 e. The Balaban J connectivity index is 0.00000280. The number of nitrogens with one attached hydrogen (secondary N) is 2. The number of nitrogens with two attached hydrogens (primary N) is 1. The van der Waals surface area contributed by atoms with Crippen molar-refractivity contribution in [2.75, 3.05) is 11.3 Å². The molecule has 1 aliphatic rings. The van der Waals surface area contributed by atoms with Crippen molar-refractivity contribution in [2.24, 2.45) is 11.7 Å². The van der Waals surface area contributed by atoms with Gasteiger partial charge in [0.1, 0.15) is 5.82 Å². The summed E-state index contributed by atoms with van der Waals surface area (Å²) in [5.41, 5.74) is 5.35. The third-order valence-electron chi connectivity index (χ3n) is 4.83. The predicted molar refractivity (Wildman–Crippen MR) is 109 cm³/mol. The lowest BCUT2D eigenvalue weighted by atomic mass is 9.95. The second kappa shape index (κ2) is 8.46. The Hall–Kier alpha value is -2.16. The molecule has 0 heterocycles. The highest BCUT2D eigenvalue weighted by molar-refractivity contribution is 7.92. The molecule has 0 bridgehead atoms. The molecule has 4 N–H and O–H groups in total. The number of sulfonamides is 1. The number of benzene rings is 2. The number of hydrogen-bond acceptors (Lipinski definition) is 4. The summed E-state index contributed by atoms with van der Waals surface area (Å²) < 4.78 is 41.1. The van der Waals surface area contributed by atoms with Crippen molar-refractivity contribution in [1.82, 2.24) is 5.32 Å². The van der Waals surface area contributed by atoms with Gasteiger partial charge in [0.15, 0.2) is 0 Å². The van der Waals surface area contributed by atoms with Gasteiger partial charge in [-0.2, -0.15) is 0 Å². The number of amides is 1. The second-order valence-corrected chi connectivity index (χ2v) is 8.65. The Kier molecular flexibility index (Phi) is 6.69. The van der Waals surface area contributed by atoms with E-state index in [4.69, 9.17) is 5.73 Å². The molecule has 3 rings (SSSR count). The molecule has 1 aliphatic carbocycles. The van der Waals surface area contributed by atoms with Crippen LogP contribution in [0.3, 0.4) is 0 Å². The van der Waals surface area contributed by atoms with E-state index in [0.717, 1.165) is 18.9 Å². The van der Waals surface area contributed by atoms with Crippen LogP contribution in [-0.4, -0.2) is 26.4 Å². The molecular formula is C19H23ClFN3O3S. The first kappa shape index (κ1) is 22.1. The summed E-state index contributed by atoms with van der Waals surface area (Å²) in [7, 11) is -4.04. The molecule has 152 valence electrons. The van der Waals surface area contributed by atoms with E-state index in [1.807, 2.05) is 6.92 Å². The molecule has 0 spiro atoms. The second-order valence-electron chi connectivity index (χ2n) is 6.96. The molecule has 1 atom stereocenters. The molecule has 0 saturated heterocycles. The van der Waals surface area contributed by atoms with E-state index in [1.165, 1.54) is 42.5 Å². The van der Waals surface area contributed by atoms with Crippen molar-refractivity contribution in [3.05, 3.63) is 59.9 Å². The van der Waals surface area contributed by atoms with Gasteiger partial charge >= 0.3 is 0 Å². The van der Waals surface area contributed by atoms with E-state index >= 15 is 0 Å². The van der Waals surface area contributed by atoms with E-state index in [2.05, 4.69) is 10.0 Å². The van der Waals surface area contributed by atoms with Gasteiger partial charge in [-0.1, -0.05) is 18.2 Å². The van der Waals surface area contributed by atoms with Crippen LogP contribution in [0.25, 0.3) is 0 Å². The van der Waals surface area contributed by atoms with Crippen molar-refractivity contribution in [3.63, 3.8) is 0 Å². The summed E-state index contributed by atoms with van der Waals surface area (Å²) in [5, 5.41) is 2.92. The maximum Gasteiger partial charge on any atom is 0.262 e. The zero-order valence-corrected chi connectivity index (χ0v) is 16.9. The number of carbonyl (C=O) groups excluding carboxylic acids is 1. The standard InChI is InChI=1S/C19H22FN3O3S.ClH/c1-19(12-21,14-9-10-14)22-18(24)13-5-4-6-15(11-13)27(25,26)23-17-8-3-2-7-16(17)20;/h2-8,11,14,23H,9-10,12,21H2,1H3,(H,22,24);1H. The smallest absolute Gasteiger partial charge is 0.262 e. The van der Waals surface area contributed by atoms with Gasteiger partial charge in [0.25, 0.3) is 15.9 Å². The third kappa shape index (κ3) is 4.81. The molecule has 0 aromatic heterocycles. The molecule has 9 heteroatoms. The van der Waals surface area contributed by atoms with Gasteiger partial charge in [-0.05, 0) is 56.0 Å². The molecule has 1 unspecified atom stereocenters. The summed E-state index contributed by atoms with van der Waals surface area (Å²) in [6, 6.07) is 11.1. The lowest BCUT2D eigenvalue weighted by Crippen LogP contribution is -2.53. The number of anilines is 1. The lowest BCUT2D eigenvalue weighted by molar-refractivity contribution is 0.0897. The number of carbonyl (C=O) groups is 1. The molecule has 1 saturated carbocycles. The zero-order chi connectivity index (χ0) is 19.7. The molecule has 28 heavy (non-hydrogen) atoms. The molecule has 2 aromatic rings. The van der Waals surface area contributed by atoms with E-state index in [1.54, 1.807) is 0 Å². The van der Waals surface area contributed by atoms with Gasteiger partial charge in [0.05, 0.1) is 16.1 Å². The van der Waals surface area contributed by atoms with E-state index in [9.17, 15) is 17.6 Å². The van der Waals surface area contributed by atoms with Crippen LogP contribution in [0.4, 0.5) is 10.1 Å². The largest absolute Gasteiger partial charge is 0.345 e. The van der Waals surface area contributed by atoms with Crippen LogP contribution in [-0.2, 0) is 10.0 Å². The van der Waals surface area contributed by atoms with Crippen molar-refractivity contribution in [1.29, 1.82) is 0 Å². The molecule has 0 aliphatic heterocycles. The van der Waals surface area contributed by atoms with Crippen LogP contribution < -0.4 is 15.8 Å². The maximum atomic E-state index is 13.7. The van der Waals surface area contributed by atoms with Gasteiger partial charge in [-0.25, -0.2) is 12.8 Å². The number of rotatable bonds is 7. The number of halogens is 2. The summed E-state index contributed by atoms with van der Waals surface area (Å²) in [4.78, 5) is 12.5. The maximum absolute atomic E-state index is 13.7. The van der Waals surface area contributed by atoms with Crippen LogP contribution in [0, 0.1) is 11.7 Å². The van der Waals surface area contributed by atoms with Gasteiger partial charge in [-0.15, -0.1) is 12.4 Å². The fraction of sp³-hybridized carbons (Fsp3) is 0.316. The first-order valence-corrected chi connectivity index (χ1v) is 10.1. The first-order chi connectivity index (χ1) is 12.7. The van der Waals surface area contributed by atoms with Gasteiger partial charge in [0, 0.05) is 12.1 Å². The van der Waals surface area contributed by atoms with Crippen LogP contribution in [0.15, 0.2) is 53.4 Å². The summed E-state index contributed by atoms with van der Waals surface area (Å²) in [6.45, 7) is 2.19. The topological polar surface area (TPSA) is 101 Å². The van der Waals surface area contributed by atoms with Crippen LogP contribution in [0.5, 0.6) is 0 Å². The van der Waals surface area contributed by atoms with Crippen molar-refractivity contribution in [3.8, 4) is 0 Å². The van der Waals surface area contributed by atoms with Crippen molar-refractivity contribution in [2.45, 2.75) is 30.2 Å². The fourth-order valence-corrected chi connectivity index (χ4v) is 4.04. The highest BCUT2D eigenvalue weighted by atomic mass is 35.5. The quantitative estimate of drug-likeness (QED) is 0.632. The lowest BCUT2D eigenvalue weighted by Gasteiger charge is -2.29. The fourth-order valence-electron chi connectivity index (χ4n) is 2.92. The summed E-state index contributed by atoms with van der Waals surface area (Å²) in [5.74, 6) is -0.739. The average Bonchev–Trinajstić information content (AvgIpc) is 3.49. The molecule has 0 radical (unpaired) electrons. The summed E-state index contributed by atoms with van der Waals surface area (Å²) >= 11 is 0. The molecule has 2 aromatic carbocycles. The number of hydrogen-bond donors (Lipinski definition) is 3. The predicted octanol–water partition coefficient (Wildman–Crippen LogP) is 2.91. The normalized spacial score (nSPS) is 15.8. The Labute approximate surface area is 170 Å². The first-order valence-electron chi connectivity index (χ1n) is 8.65. The Morgan fingerprint density at radius 3 is 2.50 bits per heavy atom. The molecular weight excluding hydrogens is 405 g/mol. The Morgan fingerprint density at radius 1 is 1.21 bits per heavy atom. The summed E-state index contributed by atoms with van der Waals surface area (Å²) in [6.07, 6.45) is 2.02. The Morgan fingerprint density at radius 2 is 1.89 bits per heavy atom. The average molecular weight is 428 g/mol. The number of para-hydroxylation sites is 1.